The van der Waals surface area contributed by atoms with Crippen LogP contribution in [-0.4, -0.2) is 45.0 Å². The van der Waals surface area contributed by atoms with Gasteiger partial charge in [-0.3, -0.25) is 4.79 Å². The van der Waals surface area contributed by atoms with Crippen LogP contribution in [0.5, 0.6) is 0 Å². The number of benzene rings is 1. The number of hydrogen-bond donors (Lipinski definition) is 0. The number of carbonyl (C=O) groups is 1. The van der Waals surface area contributed by atoms with E-state index in [2.05, 4.69) is 15.9 Å². The quantitative estimate of drug-likeness (QED) is 0.774. The van der Waals surface area contributed by atoms with Crippen LogP contribution in [0.3, 0.4) is 0 Å². The average Bonchev–Trinajstić information content (AvgIpc) is 3.01. The molecule has 0 radical (unpaired) electrons. The van der Waals surface area contributed by atoms with Gasteiger partial charge in [0.15, 0.2) is 0 Å². The molecule has 1 fully saturated rings. The van der Waals surface area contributed by atoms with E-state index in [1.54, 1.807) is 0 Å². The maximum atomic E-state index is 12.7. The molecular formula is C16H17BrN2O2S2. The lowest BCUT2D eigenvalue weighted by molar-refractivity contribution is 0.0648. The van der Waals surface area contributed by atoms with Crippen LogP contribution >= 0.6 is 27.3 Å². The van der Waals surface area contributed by atoms with Gasteiger partial charge in [-0.25, -0.2) is 8.51 Å². The van der Waals surface area contributed by atoms with E-state index in [1.807, 2.05) is 58.6 Å². The summed E-state index contributed by atoms with van der Waals surface area (Å²) in [6.45, 7) is 3.81. The molecule has 1 aromatic heterocycles. The topological polar surface area (TPSA) is 40.6 Å². The predicted octanol–water partition coefficient (Wildman–Crippen LogP) is 3.38. The molecule has 1 aliphatic heterocycles. The van der Waals surface area contributed by atoms with Gasteiger partial charge >= 0.3 is 0 Å². The zero-order valence-corrected chi connectivity index (χ0v) is 15.9. The number of amides is 1. The van der Waals surface area contributed by atoms with Crippen LogP contribution in [-0.2, 0) is 11.0 Å². The Hall–Kier alpha value is -1.02. The molecule has 0 aliphatic carbocycles. The van der Waals surface area contributed by atoms with Crippen LogP contribution in [0.4, 0.5) is 0 Å². The highest BCUT2D eigenvalue weighted by molar-refractivity contribution is 9.11. The van der Waals surface area contributed by atoms with E-state index in [1.165, 1.54) is 11.3 Å². The first kappa shape index (κ1) is 16.8. The predicted molar refractivity (Wildman–Crippen MR) is 96.9 cm³/mol. The molecule has 0 bridgehead atoms. The molecule has 2 aromatic rings. The Morgan fingerprint density at radius 2 is 1.96 bits per heavy atom. The monoisotopic (exact) mass is 412 g/mol. The number of carbonyl (C=O) groups excluding carboxylic acids is 1. The van der Waals surface area contributed by atoms with Gasteiger partial charge in [-0.2, -0.15) is 0 Å². The summed E-state index contributed by atoms with van der Waals surface area (Å²) in [5, 5.41) is 0. The molecule has 122 valence electrons. The lowest BCUT2D eigenvalue weighted by Crippen LogP contribution is -2.53. The molecule has 2 heterocycles. The van der Waals surface area contributed by atoms with Crippen molar-refractivity contribution in [3.05, 3.63) is 51.8 Å². The average molecular weight is 413 g/mol. The number of nitrogens with zero attached hydrogens (tertiary/aromatic N) is 2. The SMILES string of the molecule is CC1CN(C(=O)c2ccccc2)CCN1S(=O)c1ccc(Br)s1. The molecule has 1 amide bonds. The summed E-state index contributed by atoms with van der Waals surface area (Å²) >= 11 is 4.90. The van der Waals surface area contributed by atoms with Gasteiger partial charge in [-0.05, 0) is 47.1 Å². The minimum atomic E-state index is -1.17. The van der Waals surface area contributed by atoms with Crippen molar-refractivity contribution in [2.24, 2.45) is 0 Å². The zero-order valence-electron chi connectivity index (χ0n) is 12.6. The fourth-order valence-electron chi connectivity index (χ4n) is 2.64. The number of hydrogen-bond acceptors (Lipinski definition) is 3. The second-order valence-corrected chi connectivity index (χ2v) is 9.54. The van der Waals surface area contributed by atoms with Crippen molar-refractivity contribution in [3.8, 4) is 0 Å². The standard InChI is InChI=1S/C16H17BrN2O2S2/c1-12-11-18(16(20)13-5-3-2-4-6-13)9-10-19(12)23(21)15-8-7-14(17)22-15/h2-8,12H,9-11H2,1H3. The van der Waals surface area contributed by atoms with E-state index in [9.17, 15) is 9.00 Å². The fourth-order valence-corrected chi connectivity index (χ4v) is 5.98. The van der Waals surface area contributed by atoms with Gasteiger partial charge in [-0.1, -0.05) is 18.2 Å². The molecule has 4 nitrogen and oxygen atoms in total. The van der Waals surface area contributed by atoms with Crippen molar-refractivity contribution in [1.82, 2.24) is 9.21 Å². The van der Waals surface area contributed by atoms with Crippen LogP contribution in [0.2, 0.25) is 0 Å². The minimum absolute atomic E-state index is 0.0433. The van der Waals surface area contributed by atoms with E-state index in [-0.39, 0.29) is 11.9 Å². The zero-order chi connectivity index (χ0) is 16.4. The first-order valence-corrected chi connectivity index (χ1v) is 10.1. The molecule has 23 heavy (non-hydrogen) atoms. The molecule has 2 unspecified atom stereocenters. The summed E-state index contributed by atoms with van der Waals surface area (Å²) in [6.07, 6.45) is 0. The van der Waals surface area contributed by atoms with E-state index in [4.69, 9.17) is 0 Å². The highest BCUT2D eigenvalue weighted by Gasteiger charge is 2.31. The van der Waals surface area contributed by atoms with Crippen LogP contribution in [0, 0.1) is 0 Å². The van der Waals surface area contributed by atoms with Crippen molar-refractivity contribution >= 4 is 44.2 Å². The van der Waals surface area contributed by atoms with E-state index < -0.39 is 11.0 Å². The van der Waals surface area contributed by atoms with E-state index in [0.29, 0.717) is 25.2 Å². The summed E-state index contributed by atoms with van der Waals surface area (Å²) in [4.78, 5) is 14.4. The molecule has 3 rings (SSSR count). The largest absolute Gasteiger partial charge is 0.336 e. The number of thiophene rings is 1. The second kappa shape index (κ2) is 7.25. The van der Waals surface area contributed by atoms with E-state index >= 15 is 0 Å². The van der Waals surface area contributed by atoms with Crippen molar-refractivity contribution in [2.45, 2.75) is 17.2 Å². The molecule has 2 atom stereocenters. The summed E-state index contributed by atoms with van der Waals surface area (Å²) in [5.41, 5.74) is 0.705. The minimum Gasteiger partial charge on any atom is -0.336 e. The maximum absolute atomic E-state index is 12.7. The summed E-state index contributed by atoms with van der Waals surface area (Å²) < 4.78 is 16.5. The Morgan fingerprint density at radius 1 is 1.22 bits per heavy atom. The van der Waals surface area contributed by atoms with Gasteiger partial charge in [0.2, 0.25) is 0 Å². The van der Waals surface area contributed by atoms with Gasteiger partial charge in [-0.15, -0.1) is 11.3 Å². The van der Waals surface area contributed by atoms with Crippen LogP contribution < -0.4 is 0 Å². The third kappa shape index (κ3) is 3.74. The molecule has 0 spiro atoms. The third-order valence-electron chi connectivity index (χ3n) is 3.81. The van der Waals surface area contributed by atoms with Gasteiger partial charge < -0.3 is 4.90 Å². The number of halogens is 1. The van der Waals surface area contributed by atoms with Gasteiger partial charge in [0.1, 0.15) is 15.2 Å². The lowest BCUT2D eigenvalue weighted by Gasteiger charge is -2.38. The van der Waals surface area contributed by atoms with E-state index in [0.717, 1.165) is 8.00 Å². The summed E-state index contributed by atoms with van der Waals surface area (Å²) in [5.74, 6) is 0.0433. The molecule has 1 saturated heterocycles. The third-order valence-corrected chi connectivity index (χ3v) is 7.35. The normalized spacial score (nSPS) is 20.4. The Bertz CT molecular complexity index is 720. The van der Waals surface area contributed by atoms with Gasteiger partial charge in [0, 0.05) is 31.2 Å². The Kier molecular flexibility index (Phi) is 5.31. The molecule has 1 aromatic carbocycles. The van der Waals surface area contributed by atoms with Crippen molar-refractivity contribution in [2.75, 3.05) is 19.6 Å². The van der Waals surface area contributed by atoms with Crippen LogP contribution in [0.1, 0.15) is 17.3 Å². The molecule has 0 N–H and O–H groups in total. The van der Waals surface area contributed by atoms with Crippen molar-refractivity contribution < 1.29 is 9.00 Å². The summed E-state index contributed by atoms with van der Waals surface area (Å²) in [7, 11) is -1.17. The first-order valence-electron chi connectivity index (χ1n) is 7.34. The summed E-state index contributed by atoms with van der Waals surface area (Å²) in [6, 6.07) is 13.2. The number of piperazine rings is 1. The van der Waals surface area contributed by atoms with Crippen LogP contribution in [0.15, 0.2) is 50.5 Å². The maximum Gasteiger partial charge on any atom is 0.253 e. The van der Waals surface area contributed by atoms with Crippen molar-refractivity contribution in [3.63, 3.8) is 0 Å². The van der Waals surface area contributed by atoms with Gasteiger partial charge in [0.25, 0.3) is 5.91 Å². The van der Waals surface area contributed by atoms with Gasteiger partial charge in [0.05, 0.1) is 3.79 Å². The highest BCUT2D eigenvalue weighted by Crippen LogP contribution is 2.28. The Morgan fingerprint density at radius 3 is 2.57 bits per heavy atom. The fraction of sp³-hybridized carbons (Fsp3) is 0.312. The Labute approximate surface area is 150 Å². The second-order valence-electron chi connectivity index (χ2n) is 5.41. The molecule has 1 aliphatic rings. The smallest absolute Gasteiger partial charge is 0.253 e. The molecular weight excluding hydrogens is 396 g/mol. The molecule has 0 saturated carbocycles. The highest BCUT2D eigenvalue weighted by atomic mass is 79.9. The van der Waals surface area contributed by atoms with Crippen LogP contribution in [0.25, 0.3) is 0 Å². The first-order chi connectivity index (χ1) is 11.1. The van der Waals surface area contributed by atoms with Crippen molar-refractivity contribution in [1.29, 1.82) is 0 Å². The lowest BCUT2D eigenvalue weighted by atomic mass is 10.1. The Balaban J connectivity index is 1.68. The molecule has 7 heteroatoms. The number of rotatable bonds is 3.